The van der Waals surface area contributed by atoms with Crippen molar-refractivity contribution in [2.24, 2.45) is 0 Å². The summed E-state index contributed by atoms with van der Waals surface area (Å²) in [7, 11) is 0. The van der Waals surface area contributed by atoms with Crippen LogP contribution < -0.4 is 5.32 Å². The molecule has 1 saturated heterocycles. The maximum absolute atomic E-state index is 15.3. The molecule has 2 aliphatic heterocycles. The zero-order valence-electron chi connectivity index (χ0n) is 15.5. The largest absolute Gasteiger partial charge is 0.328 e. The van der Waals surface area contributed by atoms with E-state index in [0.717, 1.165) is 16.8 Å². The van der Waals surface area contributed by atoms with Gasteiger partial charge in [0.25, 0.3) is 5.91 Å². The van der Waals surface area contributed by atoms with Gasteiger partial charge >= 0.3 is 0 Å². The number of benzene rings is 1. The van der Waals surface area contributed by atoms with Crippen molar-refractivity contribution in [2.75, 3.05) is 13.1 Å². The zero-order chi connectivity index (χ0) is 18.9. The molecule has 5 nitrogen and oxygen atoms in total. The molecule has 0 spiro atoms. The van der Waals surface area contributed by atoms with Gasteiger partial charge in [-0.15, -0.1) is 0 Å². The number of carbonyl (C=O) groups excluding carboxylic acids is 1. The lowest BCUT2D eigenvalue weighted by molar-refractivity contribution is 0.0764. The van der Waals surface area contributed by atoms with Crippen LogP contribution in [0.4, 0.5) is 4.39 Å². The van der Waals surface area contributed by atoms with Crippen LogP contribution in [0.25, 0.3) is 5.65 Å². The van der Waals surface area contributed by atoms with Crippen molar-refractivity contribution in [3.05, 3.63) is 70.7 Å². The molecule has 3 aromatic rings. The number of imidazole rings is 1. The number of pyridine rings is 1. The summed E-state index contributed by atoms with van der Waals surface area (Å²) in [6.45, 7) is 1.70. The lowest BCUT2D eigenvalue weighted by atomic mass is 9.89. The van der Waals surface area contributed by atoms with Crippen molar-refractivity contribution < 1.29 is 9.18 Å². The molecular weight excluding hydrogens is 355 g/mol. The maximum Gasteiger partial charge on any atom is 0.254 e. The lowest BCUT2D eigenvalue weighted by Gasteiger charge is -2.35. The molecule has 3 aliphatic rings. The number of carbonyl (C=O) groups is 1. The molecule has 6 rings (SSSR count). The number of amides is 1. The second kappa shape index (κ2) is 5.64. The van der Waals surface area contributed by atoms with Crippen molar-refractivity contribution in [3.8, 4) is 0 Å². The van der Waals surface area contributed by atoms with Crippen LogP contribution in [-0.4, -0.2) is 33.3 Å². The van der Waals surface area contributed by atoms with Gasteiger partial charge in [0.15, 0.2) is 5.67 Å². The smallest absolute Gasteiger partial charge is 0.254 e. The van der Waals surface area contributed by atoms with Gasteiger partial charge in [-0.25, -0.2) is 9.37 Å². The first-order valence-corrected chi connectivity index (χ1v) is 9.89. The summed E-state index contributed by atoms with van der Waals surface area (Å²) < 4.78 is 17.3. The molecule has 1 saturated carbocycles. The SMILES string of the molecule is O=C1c2ccccc2CN1Cc1cn2cc(C3CC3)cc(C3(F)CNC3)c2n1. The predicted octanol–water partition coefficient (Wildman–Crippen LogP) is 3.14. The molecule has 4 heterocycles. The Bertz CT molecular complexity index is 1110. The number of nitrogens with one attached hydrogen (secondary N) is 1. The molecule has 0 unspecified atom stereocenters. The third-order valence-electron chi connectivity index (χ3n) is 6.21. The van der Waals surface area contributed by atoms with E-state index < -0.39 is 5.67 Å². The highest BCUT2D eigenvalue weighted by atomic mass is 19.1. The summed E-state index contributed by atoms with van der Waals surface area (Å²) in [5.41, 5.74) is 3.81. The number of hydrogen-bond acceptors (Lipinski definition) is 3. The van der Waals surface area contributed by atoms with Crippen LogP contribution in [0.1, 0.15) is 51.5 Å². The number of alkyl halides is 1. The zero-order valence-corrected chi connectivity index (χ0v) is 15.5. The summed E-state index contributed by atoms with van der Waals surface area (Å²) in [6.07, 6.45) is 6.38. The fourth-order valence-electron chi connectivity index (χ4n) is 4.39. The Hall–Kier alpha value is -2.73. The van der Waals surface area contributed by atoms with Gasteiger partial charge in [0, 0.05) is 43.2 Å². The summed E-state index contributed by atoms with van der Waals surface area (Å²) in [4.78, 5) is 19.2. The standard InChI is InChI=1S/C22H21FN4O/c23-22(12-24-13-22)19-7-16(14-5-6-14)9-26-10-17(25-20(19)26)11-27-8-15-3-1-2-4-18(15)21(27)28/h1-4,7,9-10,14,24H,5-6,8,11-13H2. The molecular formula is C22H21FN4O. The molecule has 1 N–H and O–H groups in total. The number of rotatable bonds is 4. The average molecular weight is 376 g/mol. The normalized spacial score (nSPS) is 20.5. The van der Waals surface area contributed by atoms with Gasteiger partial charge in [0.2, 0.25) is 0 Å². The Labute approximate surface area is 162 Å². The van der Waals surface area contributed by atoms with E-state index in [9.17, 15) is 4.79 Å². The monoisotopic (exact) mass is 376 g/mol. The minimum absolute atomic E-state index is 0.0386. The van der Waals surface area contributed by atoms with E-state index in [1.54, 1.807) is 0 Å². The Morgan fingerprint density at radius 2 is 2.04 bits per heavy atom. The van der Waals surface area contributed by atoms with Crippen LogP contribution in [0, 0.1) is 0 Å². The first-order valence-electron chi connectivity index (χ1n) is 9.89. The van der Waals surface area contributed by atoms with E-state index in [1.807, 2.05) is 45.8 Å². The van der Waals surface area contributed by atoms with Crippen molar-refractivity contribution in [1.82, 2.24) is 19.6 Å². The minimum Gasteiger partial charge on any atom is -0.328 e. The van der Waals surface area contributed by atoms with Gasteiger partial charge in [-0.1, -0.05) is 18.2 Å². The van der Waals surface area contributed by atoms with Crippen LogP contribution >= 0.6 is 0 Å². The highest BCUT2D eigenvalue weighted by Gasteiger charge is 2.42. The predicted molar refractivity (Wildman–Crippen MR) is 103 cm³/mol. The second-order valence-electron chi connectivity index (χ2n) is 8.31. The molecule has 0 bridgehead atoms. The van der Waals surface area contributed by atoms with E-state index in [1.165, 1.54) is 18.4 Å². The van der Waals surface area contributed by atoms with E-state index in [-0.39, 0.29) is 5.91 Å². The molecule has 0 atom stereocenters. The molecule has 1 amide bonds. The minimum atomic E-state index is -1.35. The summed E-state index contributed by atoms with van der Waals surface area (Å²) in [5.74, 6) is 0.581. The Kier molecular flexibility index (Phi) is 3.27. The van der Waals surface area contributed by atoms with Gasteiger partial charge in [0.05, 0.1) is 12.2 Å². The van der Waals surface area contributed by atoms with Crippen LogP contribution in [-0.2, 0) is 18.8 Å². The van der Waals surface area contributed by atoms with Gasteiger partial charge in [-0.3, -0.25) is 4.79 Å². The van der Waals surface area contributed by atoms with E-state index >= 15 is 4.39 Å². The lowest BCUT2D eigenvalue weighted by Crippen LogP contribution is -2.53. The average Bonchev–Trinajstić information content (AvgIpc) is 3.38. The fraction of sp³-hybridized carbons (Fsp3) is 0.364. The summed E-state index contributed by atoms with van der Waals surface area (Å²) in [5, 5.41) is 3.05. The van der Waals surface area contributed by atoms with E-state index in [0.29, 0.717) is 43.3 Å². The number of hydrogen-bond donors (Lipinski definition) is 1. The first-order chi connectivity index (χ1) is 13.6. The molecule has 1 aromatic carbocycles. The molecule has 142 valence electrons. The van der Waals surface area contributed by atoms with E-state index in [2.05, 4.69) is 11.5 Å². The van der Waals surface area contributed by atoms with Crippen LogP contribution in [0.2, 0.25) is 0 Å². The third kappa shape index (κ3) is 2.41. The van der Waals surface area contributed by atoms with Crippen LogP contribution in [0.15, 0.2) is 42.7 Å². The topological polar surface area (TPSA) is 49.6 Å². The highest BCUT2D eigenvalue weighted by Crippen LogP contribution is 2.43. The van der Waals surface area contributed by atoms with Crippen molar-refractivity contribution in [2.45, 2.75) is 37.5 Å². The quantitative estimate of drug-likeness (QED) is 0.761. The van der Waals surface area contributed by atoms with Gasteiger partial charge in [0.1, 0.15) is 5.65 Å². The Morgan fingerprint density at radius 1 is 1.21 bits per heavy atom. The van der Waals surface area contributed by atoms with Crippen LogP contribution in [0.5, 0.6) is 0 Å². The van der Waals surface area contributed by atoms with Crippen molar-refractivity contribution in [3.63, 3.8) is 0 Å². The number of halogens is 1. The van der Waals surface area contributed by atoms with Crippen molar-refractivity contribution >= 4 is 11.6 Å². The molecule has 6 heteroatoms. The van der Waals surface area contributed by atoms with Gasteiger partial charge in [-0.2, -0.15) is 0 Å². The van der Waals surface area contributed by atoms with Crippen molar-refractivity contribution in [1.29, 1.82) is 0 Å². The van der Waals surface area contributed by atoms with Gasteiger partial charge < -0.3 is 14.6 Å². The number of nitrogens with zero attached hydrogens (tertiary/aromatic N) is 3. The number of fused-ring (bicyclic) bond motifs is 2. The molecule has 1 aliphatic carbocycles. The number of aromatic nitrogens is 2. The molecule has 2 fully saturated rings. The summed E-state index contributed by atoms with van der Waals surface area (Å²) in [6, 6.07) is 9.73. The highest BCUT2D eigenvalue weighted by molar-refractivity contribution is 5.98. The Balaban J connectivity index is 1.37. The third-order valence-corrected chi connectivity index (χ3v) is 6.21. The molecule has 0 radical (unpaired) electrons. The van der Waals surface area contributed by atoms with Crippen LogP contribution in [0.3, 0.4) is 0 Å². The van der Waals surface area contributed by atoms with E-state index in [4.69, 9.17) is 4.98 Å². The fourth-order valence-corrected chi connectivity index (χ4v) is 4.39. The summed E-state index contributed by atoms with van der Waals surface area (Å²) >= 11 is 0. The second-order valence-corrected chi connectivity index (χ2v) is 8.31. The molecule has 28 heavy (non-hydrogen) atoms. The Morgan fingerprint density at radius 3 is 2.75 bits per heavy atom. The maximum atomic E-state index is 15.3. The first kappa shape index (κ1) is 16.2. The molecule has 2 aromatic heterocycles. The van der Waals surface area contributed by atoms with Gasteiger partial charge in [-0.05, 0) is 42.0 Å².